The Morgan fingerprint density at radius 3 is 2.62 bits per heavy atom. The molecular weight excluding hydrogens is 442 g/mol. The number of ether oxygens (including phenoxy) is 3. The number of amides is 2. The van der Waals surface area contributed by atoms with Crippen LogP contribution in [-0.4, -0.2) is 35.6 Å². The molecule has 34 heavy (non-hydrogen) atoms. The second kappa shape index (κ2) is 9.99. The summed E-state index contributed by atoms with van der Waals surface area (Å²) in [5.74, 6) is 0.634. The number of carboxylic acid groups (broad SMARTS) is 1. The normalized spacial score (nSPS) is 12.6. The van der Waals surface area contributed by atoms with Gasteiger partial charge in [0.05, 0.1) is 26.1 Å². The lowest BCUT2D eigenvalue weighted by molar-refractivity contribution is -0.137. The monoisotopic (exact) mass is 465 g/mol. The number of methoxy groups -OCH3 is 1. The summed E-state index contributed by atoms with van der Waals surface area (Å²) in [5, 5.41) is 14.5. The van der Waals surface area contributed by atoms with E-state index >= 15 is 0 Å². The molecule has 4 rings (SSSR count). The van der Waals surface area contributed by atoms with Gasteiger partial charge in [-0.2, -0.15) is 0 Å². The molecule has 0 saturated heterocycles. The fourth-order valence-electron chi connectivity index (χ4n) is 3.56. The van der Waals surface area contributed by atoms with E-state index in [9.17, 15) is 19.5 Å². The Labute approximate surface area is 194 Å². The molecule has 1 aliphatic rings. The number of aliphatic carboxylic acids is 1. The smallest absolute Gasteiger partial charge is 0.319 e. The Morgan fingerprint density at radius 2 is 1.88 bits per heavy atom. The molecule has 10 nitrogen and oxygen atoms in total. The number of hydrogen-bond donors (Lipinski definition) is 3. The molecule has 10 heteroatoms. The lowest BCUT2D eigenvalue weighted by atomic mass is 10.0. The van der Waals surface area contributed by atoms with Crippen molar-refractivity contribution in [2.75, 3.05) is 19.2 Å². The van der Waals surface area contributed by atoms with E-state index in [0.717, 1.165) is 5.56 Å². The summed E-state index contributed by atoms with van der Waals surface area (Å²) in [6.45, 7) is 0.381. The number of rotatable bonds is 8. The molecular formula is C24H23N3O7. The van der Waals surface area contributed by atoms with Gasteiger partial charge in [0.2, 0.25) is 6.79 Å². The number of carboxylic acids is 1. The molecule has 176 valence electrons. The van der Waals surface area contributed by atoms with Gasteiger partial charge in [-0.1, -0.05) is 18.2 Å². The number of pyridine rings is 1. The van der Waals surface area contributed by atoms with Gasteiger partial charge in [-0.25, -0.2) is 4.79 Å². The topological polar surface area (TPSA) is 128 Å². The quantitative estimate of drug-likeness (QED) is 0.467. The maximum atomic E-state index is 12.9. The fourth-order valence-corrected chi connectivity index (χ4v) is 3.56. The minimum absolute atomic E-state index is 0.0632. The second-order valence-corrected chi connectivity index (χ2v) is 7.56. The molecule has 2 aromatic carbocycles. The zero-order chi connectivity index (χ0) is 24.1. The third-order valence-corrected chi connectivity index (χ3v) is 5.26. The van der Waals surface area contributed by atoms with Gasteiger partial charge in [-0.3, -0.25) is 9.59 Å². The summed E-state index contributed by atoms with van der Waals surface area (Å²) in [6, 6.07) is 13.8. The predicted octanol–water partition coefficient (Wildman–Crippen LogP) is 2.97. The maximum absolute atomic E-state index is 12.9. The van der Waals surface area contributed by atoms with Crippen molar-refractivity contribution < 1.29 is 28.9 Å². The van der Waals surface area contributed by atoms with E-state index in [4.69, 9.17) is 14.2 Å². The number of hydrogen-bond acceptors (Lipinski definition) is 6. The van der Waals surface area contributed by atoms with E-state index in [-0.39, 0.29) is 18.9 Å². The van der Waals surface area contributed by atoms with Crippen molar-refractivity contribution in [3.05, 3.63) is 82.3 Å². The van der Waals surface area contributed by atoms with Crippen molar-refractivity contribution in [3.8, 4) is 17.2 Å². The maximum Gasteiger partial charge on any atom is 0.319 e. The molecule has 1 unspecified atom stereocenters. The van der Waals surface area contributed by atoms with Gasteiger partial charge in [0.1, 0.15) is 11.4 Å². The molecule has 3 aromatic rings. The standard InChI is InChI=1S/C24H23N3O7/c1-32-17-7-4-15(5-8-17)13-27-10-2-3-18(23(27)30)25-24(31)26-19(12-22(28)29)16-6-9-20-21(11-16)34-14-33-20/h2-11,19H,12-14H2,1H3,(H,28,29)(H2,25,26,31). The number of anilines is 1. The Bertz CT molecular complexity index is 1250. The molecule has 2 heterocycles. The molecule has 3 N–H and O–H groups in total. The van der Waals surface area contributed by atoms with Crippen LogP contribution in [0, 0.1) is 0 Å². The van der Waals surface area contributed by atoms with Crippen LogP contribution in [0.2, 0.25) is 0 Å². The summed E-state index contributed by atoms with van der Waals surface area (Å²) in [4.78, 5) is 36.9. The first kappa shape index (κ1) is 22.7. The summed E-state index contributed by atoms with van der Waals surface area (Å²) < 4.78 is 17.2. The zero-order valence-electron chi connectivity index (χ0n) is 18.3. The molecule has 2 amide bonds. The van der Waals surface area contributed by atoms with Gasteiger partial charge in [-0.15, -0.1) is 0 Å². The van der Waals surface area contributed by atoms with Gasteiger partial charge in [0.15, 0.2) is 11.5 Å². The van der Waals surface area contributed by atoms with Crippen LogP contribution in [-0.2, 0) is 11.3 Å². The number of aromatic nitrogens is 1. The lowest BCUT2D eigenvalue weighted by Gasteiger charge is -2.18. The molecule has 1 aliphatic heterocycles. The third kappa shape index (κ3) is 5.29. The largest absolute Gasteiger partial charge is 0.497 e. The molecule has 1 atom stereocenters. The molecule has 0 aliphatic carbocycles. The van der Waals surface area contributed by atoms with Crippen LogP contribution in [0.15, 0.2) is 65.6 Å². The van der Waals surface area contributed by atoms with E-state index in [0.29, 0.717) is 29.4 Å². The van der Waals surface area contributed by atoms with Crippen LogP contribution < -0.4 is 30.4 Å². The Hall–Kier alpha value is -4.47. The van der Waals surface area contributed by atoms with Gasteiger partial charge >= 0.3 is 12.0 Å². The van der Waals surface area contributed by atoms with E-state index < -0.39 is 23.6 Å². The summed E-state index contributed by atoms with van der Waals surface area (Å²) >= 11 is 0. The molecule has 0 fully saturated rings. The molecule has 0 spiro atoms. The molecule has 0 radical (unpaired) electrons. The average Bonchev–Trinajstić information content (AvgIpc) is 3.29. The minimum Gasteiger partial charge on any atom is -0.497 e. The lowest BCUT2D eigenvalue weighted by Crippen LogP contribution is -2.36. The summed E-state index contributed by atoms with van der Waals surface area (Å²) in [7, 11) is 1.58. The highest BCUT2D eigenvalue weighted by Gasteiger charge is 2.22. The molecule has 1 aromatic heterocycles. The summed E-state index contributed by atoms with van der Waals surface area (Å²) in [5.41, 5.74) is 1.08. The van der Waals surface area contributed by atoms with E-state index in [1.54, 1.807) is 49.7 Å². The van der Waals surface area contributed by atoms with Crippen LogP contribution in [0.4, 0.5) is 10.5 Å². The van der Waals surface area contributed by atoms with E-state index in [2.05, 4.69) is 10.6 Å². The van der Waals surface area contributed by atoms with Gasteiger partial charge in [0, 0.05) is 6.20 Å². The van der Waals surface area contributed by atoms with Crippen molar-refractivity contribution >= 4 is 17.7 Å². The van der Waals surface area contributed by atoms with Crippen molar-refractivity contribution in [3.63, 3.8) is 0 Å². The summed E-state index contributed by atoms with van der Waals surface area (Å²) in [6.07, 6.45) is 1.26. The zero-order valence-corrected chi connectivity index (χ0v) is 18.3. The van der Waals surface area contributed by atoms with Crippen LogP contribution in [0.3, 0.4) is 0 Å². The number of urea groups is 1. The van der Waals surface area contributed by atoms with Crippen LogP contribution in [0.5, 0.6) is 17.2 Å². The third-order valence-electron chi connectivity index (χ3n) is 5.26. The van der Waals surface area contributed by atoms with Crippen molar-refractivity contribution in [1.29, 1.82) is 0 Å². The highest BCUT2D eigenvalue weighted by atomic mass is 16.7. The van der Waals surface area contributed by atoms with Crippen molar-refractivity contribution in [2.24, 2.45) is 0 Å². The van der Waals surface area contributed by atoms with Crippen LogP contribution in [0.1, 0.15) is 23.6 Å². The minimum atomic E-state index is -1.09. The highest BCUT2D eigenvalue weighted by molar-refractivity contribution is 5.89. The van der Waals surface area contributed by atoms with Crippen LogP contribution in [0.25, 0.3) is 0 Å². The number of benzene rings is 2. The van der Waals surface area contributed by atoms with E-state index in [1.807, 2.05) is 12.1 Å². The fraction of sp³-hybridized carbons (Fsp3) is 0.208. The first-order valence-electron chi connectivity index (χ1n) is 10.4. The van der Waals surface area contributed by atoms with Gasteiger partial charge in [0.25, 0.3) is 5.56 Å². The van der Waals surface area contributed by atoms with Crippen molar-refractivity contribution in [2.45, 2.75) is 19.0 Å². The second-order valence-electron chi connectivity index (χ2n) is 7.56. The Kier molecular flexibility index (Phi) is 6.67. The number of nitrogens with one attached hydrogen (secondary N) is 2. The SMILES string of the molecule is COc1ccc(Cn2cccc(NC(=O)NC(CC(=O)O)c3ccc4c(c3)OCO4)c2=O)cc1. The number of fused-ring (bicyclic) bond motifs is 1. The Morgan fingerprint density at radius 1 is 1.12 bits per heavy atom. The van der Waals surface area contributed by atoms with Crippen LogP contribution >= 0.6 is 0 Å². The average molecular weight is 465 g/mol. The number of carbonyl (C=O) groups is 2. The van der Waals surface area contributed by atoms with Gasteiger partial charge in [-0.05, 0) is 47.5 Å². The molecule has 0 bridgehead atoms. The highest BCUT2D eigenvalue weighted by Crippen LogP contribution is 2.34. The predicted molar refractivity (Wildman–Crippen MR) is 123 cm³/mol. The first-order chi connectivity index (χ1) is 16.4. The van der Waals surface area contributed by atoms with E-state index in [1.165, 1.54) is 10.6 Å². The molecule has 0 saturated carbocycles. The first-order valence-corrected chi connectivity index (χ1v) is 10.4. The Balaban J connectivity index is 1.48. The number of nitrogens with zero attached hydrogens (tertiary/aromatic N) is 1. The number of carbonyl (C=O) groups excluding carboxylic acids is 1. The van der Waals surface area contributed by atoms with Gasteiger partial charge < -0.3 is 34.5 Å². The van der Waals surface area contributed by atoms with Crippen molar-refractivity contribution in [1.82, 2.24) is 9.88 Å².